The minimum atomic E-state index is -0.478. The fourth-order valence-electron chi connectivity index (χ4n) is 1.97. The lowest BCUT2D eigenvalue weighted by atomic mass is 10.0. The molecule has 2 rings (SSSR count). The highest BCUT2D eigenvalue weighted by Gasteiger charge is 2.14. The van der Waals surface area contributed by atoms with Crippen molar-refractivity contribution in [1.29, 1.82) is 0 Å². The number of para-hydroxylation sites is 1. The van der Waals surface area contributed by atoms with Crippen LogP contribution in [0.25, 0.3) is 0 Å². The zero-order valence-electron chi connectivity index (χ0n) is 11.4. The number of rotatable bonds is 4. The summed E-state index contributed by atoms with van der Waals surface area (Å²) in [6.07, 6.45) is 0. The number of hydrogen-bond donors (Lipinski definition) is 1. The van der Waals surface area contributed by atoms with Crippen LogP contribution in [0.3, 0.4) is 0 Å². The second kappa shape index (κ2) is 6.37. The van der Waals surface area contributed by atoms with E-state index in [0.29, 0.717) is 11.3 Å². The molecule has 0 bridgehead atoms. The van der Waals surface area contributed by atoms with E-state index in [2.05, 4.69) is 15.9 Å². The molecular formula is C16H16BrFO2. The monoisotopic (exact) mass is 338 g/mol. The second-order valence-corrected chi connectivity index (χ2v) is 5.74. The van der Waals surface area contributed by atoms with E-state index >= 15 is 0 Å². The molecule has 106 valence electrons. The first-order valence-corrected chi connectivity index (χ1v) is 7.17. The van der Waals surface area contributed by atoms with Gasteiger partial charge in [-0.3, -0.25) is 0 Å². The number of hydrogen-bond acceptors (Lipinski definition) is 2. The SMILES string of the molecule is CC(C)c1cc(Br)ccc1Oc1c(F)cccc1CO. The van der Waals surface area contributed by atoms with E-state index in [1.54, 1.807) is 18.2 Å². The summed E-state index contributed by atoms with van der Waals surface area (Å²) in [7, 11) is 0. The van der Waals surface area contributed by atoms with Gasteiger partial charge in [0.1, 0.15) is 5.75 Å². The average molecular weight is 339 g/mol. The molecule has 0 fully saturated rings. The van der Waals surface area contributed by atoms with Crippen molar-refractivity contribution in [2.24, 2.45) is 0 Å². The van der Waals surface area contributed by atoms with Crippen LogP contribution in [0.1, 0.15) is 30.9 Å². The van der Waals surface area contributed by atoms with E-state index in [1.165, 1.54) is 6.07 Å². The van der Waals surface area contributed by atoms with Crippen LogP contribution in [0.5, 0.6) is 11.5 Å². The third-order valence-corrected chi connectivity index (χ3v) is 3.52. The summed E-state index contributed by atoms with van der Waals surface area (Å²) in [5.41, 5.74) is 1.41. The summed E-state index contributed by atoms with van der Waals surface area (Å²) in [5.74, 6) is 0.447. The van der Waals surface area contributed by atoms with Gasteiger partial charge in [0.25, 0.3) is 0 Å². The lowest BCUT2D eigenvalue weighted by molar-refractivity contribution is 0.274. The number of halogens is 2. The molecule has 0 amide bonds. The van der Waals surface area contributed by atoms with Gasteiger partial charge in [0, 0.05) is 10.0 Å². The fraction of sp³-hybridized carbons (Fsp3) is 0.250. The third-order valence-electron chi connectivity index (χ3n) is 3.02. The molecule has 0 radical (unpaired) electrons. The first-order valence-electron chi connectivity index (χ1n) is 6.38. The third kappa shape index (κ3) is 3.19. The Hall–Kier alpha value is -1.39. The molecule has 0 unspecified atom stereocenters. The normalized spacial score (nSPS) is 10.9. The van der Waals surface area contributed by atoms with Crippen molar-refractivity contribution in [1.82, 2.24) is 0 Å². The molecule has 1 N–H and O–H groups in total. The molecule has 0 saturated carbocycles. The Morgan fingerprint density at radius 1 is 1.25 bits per heavy atom. The predicted octanol–water partition coefficient (Wildman–Crippen LogP) is 5.00. The van der Waals surface area contributed by atoms with Crippen LogP contribution >= 0.6 is 15.9 Å². The quantitative estimate of drug-likeness (QED) is 0.850. The predicted molar refractivity (Wildman–Crippen MR) is 80.6 cm³/mol. The van der Waals surface area contributed by atoms with Crippen LogP contribution in [0.4, 0.5) is 4.39 Å². The minimum absolute atomic E-state index is 0.0826. The molecule has 0 aromatic heterocycles. The Balaban J connectivity index is 2.45. The van der Waals surface area contributed by atoms with Crippen LogP contribution in [0.15, 0.2) is 40.9 Å². The maximum Gasteiger partial charge on any atom is 0.168 e. The van der Waals surface area contributed by atoms with Gasteiger partial charge >= 0.3 is 0 Å². The number of aliphatic hydroxyl groups is 1. The summed E-state index contributed by atoms with van der Waals surface area (Å²) in [5, 5.41) is 9.29. The summed E-state index contributed by atoms with van der Waals surface area (Å²) in [4.78, 5) is 0. The summed E-state index contributed by atoms with van der Waals surface area (Å²) < 4.78 is 20.6. The summed E-state index contributed by atoms with van der Waals surface area (Å²) in [6, 6.07) is 10.1. The van der Waals surface area contributed by atoms with E-state index in [9.17, 15) is 9.50 Å². The Kier molecular flexibility index (Phi) is 4.78. The summed E-state index contributed by atoms with van der Waals surface area (Å²) >= 11 is 3.42. The lowest BCUT2D eigenvalue weighted by Gasteiger charge is -2.16. The first-order chi connectivity index (χ1) is 9.52. The zero-order valence-corrected chi connectivity index (χ0v) is 12.9. The van der Waals surface area contributed by atoms with Gasteiger partial charge < -0.3 is 9.84 Å². The highest BCUT2D eigenvalue weighted by molar-refractivity contribution is 9.10. The molecule has 2 aromatic carbocycles. The van der Waals surface area contributed by atoms with Crippen molar-refractivity contribution in [3.8, 4) is 11.5 Å². The Morgan fingerprint density at radius 2 is 2.00 bits per heavy atom. The minimum Gasteiger partial charge on any atom is -0.454 e. The van der Waals surface area contributed by atoms with Crippen molar-refractivity contribution >= 4 is 15.9 Å². The van der Waals surface area contributed by atoms with Gasteiger partial charge in [-0.1, -0.05) is 41.9 Å². The van der Waals surface area contributed by atoms with Gasteiger partial charge in [-0.15, -0.1) is 0 Å². The van der Waals surface area contributed by atoms with Crippen molar-refractivity contribution < 1.29 is 14.2 Å². The largest absolute Gasteiger partial charge is 0.454 e. The van der Waals surface area contributed by atoms with Gasteiger partial charge in [0.15, 0.2) is 11.6 Å². The molecule has 0 aliphatic rings. The van der Waals surface area contributed by atoms with Gasteiger partial charge in [0.2, 0.25) is 0 Å². The van der Waals surface area contributed by atoms with Gasteiger partial charge in [-0.05, 0) is 35.7 Å². The summed E-state index contributed by atoms with van der Waals surface area (Å²) in [6.45, 7) is 3.83. The topological polar surface area (TPSA) is 29.5 Å². The number of ether oxygens (including phenoxy) is 1. The Bertz CT molecular complexity index is 611. The van der Waals surface area contributed by atoms with Crippen molar-refractivity contribution in [3.05, 3.63) is 57.8 Å². The van der Waals surface area contributed by atoms with Crippen LogP contribution in [0.2, 0.25) is 0 Å². The van der Waals surface area contributed by atoms with Gasteiger partial charge in [-0.25, -0.2) is 4.39 Å². The second-order valence-electron chi connectivity index (χ2n) is 4.83. The van der Waals surface area contributed by atoms with Gasteiger partial charge in [0.05, 0.1) is 6.61 Å². The first kappa shape index (κ1) is 15.0. The van der Waals surface area contributed by atoms with E-state index < -0.39 is 5.82 Å². The van der Waals surface area contributed by atoms with Crippen molar-refractivity contribution in [2.45, 2.75) is 26.4 Å². The Labute approximate surface area is 126 Å². The molecule has 0 saturated heterocycles. The number of benzene rings is 2. The Morgan fingerprint density at radius 3 is 2.65 bits per heavy atom. The van der Waals surface area contributed by atoms with E-state index in [1.807, 2.05) is 26.0 Å². The lowest BCUT2D eigenvalue weighted by Crippen LogP contribution is -1.99. The van der Waals surface area contributed by atoms with E-state index in [4.69, 9.17) is 4.74 Å². The molecule has 4 heteroatoms. The molecule has 0 atom stereocenters. The smallest absolute Gasteiger partial charge is 0.168 e. The maximum atomic E-state index is 13.9. The molecule has 0 spiro atoms. The molecule has 0 heterocycles. The van der Waals surface area contributed by atoms with Crippen molar-refractivity contribution in [2.75, 3.05) is 0 Å². The van der Waals surface area contributed by atoms with Crippen molar-refractivity contribution in [3.63, 3.8) is 0 Å². The fourth-order valence-corrected chi connectivity index (χ4v) is 2.34. The van der Waals surface area contributed by atoms with Crippen LogP contribution in [0, 0.1) is 5.82 Å². The number of aliphatic hydroxyl groups excluding tert-OH is 1. The standard InChI is InChI=1S/C16H16BrFO2/c1-10(2)13-8-12(17)6-7-15(13)20-16-11(9-19)4-3-5-14(16)18/h3-8,10,19H,9H2,1-2H3. The molecule has 2 aromatic rings. The molecular weight excluding hydrogens is 323 g/mol. The zero-order chi connectivity index (χ0) is 14.7. The van der Waals surface area contributed by atoms with E-state index in [0.717, 1.165) is 10.0 Å². The average Bonchev–Trinajstić information content (AvgIpc) is 2.42. The molecule has 0 aliphatic heterocycles. The maximum absolute atomic E-state index is 13.9. The molecule has 2 nitrogen and oxygen atoms in total. The van der Waals surface area contributed by atoms with Crippen LogP contribution in [-0.2, 0) is 6.61 Å². The highest BCUT2D eigenvalue weighted by Crippen LogP contribution is 2.35. The molecule has 0 aliphatic carbocycles. The van der Waals surface area contributed by atoms with E-state index in [-0.39, 0.29) is 18.3 Å². The van der Waals surface area contributed by atoms with Gasteiger partial charge in [-0.2, -0.15) is 0 Å². The van der Waals surface area contributed by atoms with Crippen LogP contribution in [-0.4, -0.2) is 5.11 Å². The highest BCUT2D eigenvalue weighted by atomic mass is 79.9. The molecule has 20 heavy (non-hydrogen) atoms. The van der Waals surface area contributed by atoms with Crippen LogP contribution < -0.4 is 4.74 Å².